The van der Waals surface area contributed by atoms with Gasteiger partial charge in [0.2, 0.25) is 5.91 Å². The monoisotopic (exact) mass is 250 g/mol. The molecule has 96 valence electrons. The number of aromatic carboxylic acids is 1. The summed E-state index contributed by atoms with van der Waals surface area (Å²) < 4.78 is 0. The van der Waals surface area contributed by atoms with E-state index >= 15 is 0 Å². The summed E-state index contributed by atoms with van der Waals surface area (Å²) in [6, 6.07) is 0.930. The second-order valence-electron chi connectivity index (χ2n) is 4.17. The minimum absolute atomic E-state index is 0.0219. The molecule has 0 radical (unpaired) electrons. The Bertz CT molecular complexity index is 503. The number of anilines is 2. The molecule has 1 saturated heterocycles. The number of carboxylic acids is 1. The maximum atomic E-state index is 11.7. The minimum Gasteiger partial charge on any atom is -0.478 e. The number of nitrogens with zero attached hydrogens (tertiary/aromatic N) is 2. The van der Waals surface area contributed by atoms with E-state index in [2.05, 4.69) is 10.3 Å². The average molecular weight is 250 g/mol. The Kier molecular flexibility index (Phi) is 3.05. The second kappa shape index (κ2) is 4.52. The molecular weight excluding hydrogens is 236 g/mol. The molecule has 0 aromatic carbocycles. The lowest BCUT2D eigenvalue weighted by Crippen LogP contribution is -2.31. The van der Waals surface area contributed by atoms with Crippen LogP contribution in [0.5, 0.6) is 0 Å². The van der Waals surface area contributed by atoms with Crippen molar-refractivity contribution in [2.24, 2.45) is 0 Å². The molecule has 7 nitrogen and oxygen atoms in total. The van der Waals surface area contributed by atoms with Gasteiger partial charge in [-0.15, -0.1) is 0 Å². The van der Waals surface area contributed by atoms with Crippen LogP contribution in [0, 0.1) is 0 Å². The molecule has 1 fully saturated rings. The Hall–Kier alpha value is -2.31. The zero-order chi connectivity index (χ0) is 13.3. The third-order valence-corrected chi connectivity index (χ3v) is 2.96. The summed E-state index contributed by atoms with van der Waals surface area (Å²) in [5.41, 5.74) is 5.74. The molecule has 0 saturated carbocycles. The third kappa shape index (κ3) is 2.06. The first-order valence-corrected chi connectivity index (χ1v) is 5.50. The fourth-order valence-corrected chi connectivity index (χ4v) is 1.90. The number of amides is 1. The molecule has 1 atom stereocenters. The average Bonchev–Trinajstić information content (AvgIpc) is 2.63. The molecule has 1 aliphatic rings. The van der Waals surface area contributed by atoms with Gasteiger partial charge in [0.15, 0.2) is 5.82 Å². The van der Waals surface area contributed by atoms with Gasteiger partial charge in [-0.3, -0.25) is 4.79 Å². The van der Waals surface area contributed by atoms with Crippen LogP contribution in [-0.4, -0.2) is 46.5 Å². The highest BCUT2D eigenvalue weighted by Gasteiger charge is 2.29. The summed E-state index contributed by atoms with van der Waals surface area (Å²) in [6.45, 7) is 0.662. The fourth-order valence-electron chi connectivity index (χ4n) is 1.90. The number of pyridine rings is 1. The zero-order valence-corrected chi connectivity index (χ0v) is 9.88. The Labute approximate surface area is 104 Å². The van der Waals surface area contributed by atoms with Crippen molar-refractivity contribution in [1.29, 1.82) is 0 Å². The smallest absolute Gasteiger partial charge is 0.337 e. The van der Waals surface area contributed by atoms with Crippen LogP contribution in [0.15, 0.2) is 12.3 Å². The number of nitrogens with one attached hydrogen (secondary N) is 1. The van der Waals surface area contributed by atoms with Gasteiger partial charge >= 0.3 is 5.97 Å². The van der Waals surface area contributed by atoms with Gasteiger partial charge in [-0.1, -0.05) is 0 Å². The van der Waals surface area contributed by atoms with Crippen LogP contribution in [0.25, 0.3) is 0 Å². The van der Waals surface area contributed by atoms with E-state index in [0.29, 0.717) is 13.0 Å². The minimum atomic E-state index is -1.12. The van der Waals surface area contributed by atoms with Crippen LogP contribution in [0.4, 0.5) is 11.5 Å². The number of carbonyl (C=O) groups is 2. The quantitative estimate of drug-likeness (QED) is 0.697. The number of carboxylic acid groups (broad SMARTS) is 1. The largest absolute Gasteiger partial charge is 0.478 e. The van der Waals surface area contributed by atoms with Crippen molar-refractivity contribution in [3.63, 3.8) is 0 Å². The summed E-state index contributed by atoms with van der Waals surface area (Å²) >= 11 is 0. The van der Waals surface area contributed by atoms with E-state index in [1.54, 1.807) is 11.9 Å². The summed E-state index contributed by atoms with van der Waals surface area (Å²) in [5.74, 6) is -0.923. The lowest BCUT2D eigenvalue weighted by molar-refractivity contribution is -0.127. The summed E-state index contributed by atoms with van der Waals surface area (Å²) in [7, 11) is 1.72. The Morgan fingerprint density at radius 3 is 2.94 bits per heavy atom. The number of likely N-dealkylation sites (tertiary alicyclic amines) is 1. The summed E-state index contributed by atoms with van der Waals surface area (Å²) in [4.78, 5) is 28.2. The number of aromatic nitrogens is 1. The molecule has 1 aliphatic heterocycles. The van der Waals surface area contributed by atoms with Crippen LogP contribution in [0.1, 0.15) is 16.8 Å². The highest BCUT2D eigenvalue weighted by molar-refractivity contribution is 5.97. The molecule has 1 amide bonds. The number of hydrogen-bond acceptors (Lipinski definition) is 5. The second-order valence-corrected chi connectivity index (χ2v) is 4.17. The number of nitrogens with two attached hydrogens (primary N) is 1. The molecule has 1 unspecified atom stereocenters. The predicted octanol–water partition coefficient (Wildman–Crippen LogP) is 0.00460. The van der Waals surface area contributed by atoms with Gasteiger partial charge in [-0.05, 0) is 12.5 Å². The first kappa shape index (κ1) is 12.2. The molecular formula is C11H14N4O3. The molecule has 7 heteroatoms. The van der Waals surface area contributed by atoms with Gasteiger partial charge in [0.05, 0.1) is 11.3 Å². The van der Waals surface area contributed by atoms with Gasteiger partial charge in [-0.2, -0.15) is 0 Å². The number of nitrogen functional groups attached to an aromatic ring is 1. The molecule has 0 aliphatic carbocycles. The van der Waals surface area contributed by atoms with Crippen LogP contribution >= 0.6 is 0 Å². The summed E-state index contributed by atoms with van der Waals surface area (Å²) in [6.07, 6.45) is 2.00. The topological polar surface area (TPSA) is 109 Å². The number of hydrogen-bond donors (Lipinski definition) is 3. The molecule has 18 heavy (non-hydrogen) atoms. The van der Waals surface area contributed by atoms with Gasteiger partial charge in [-0.25, -0.2) is 9.78 Å². The van der Waals surface area contributed by atoms with E-state index in [0.717, 1.165) is 0 Å². The van der Waals surface area contributed by atoms with Gasteiger partial charge < -0.3 is 21.1 Å². The van der Waals surface area contributed by atoms with Crippen LogP contribution in [-0.2, 0) is 4.79 Å². The van der Waals surface area contributed by atoms with E-state index in [9.17, 15) is 9.59 Å². The highest BCUT2D eigenvalue weighted by atomic mass is 16.4. The Balaban J connectivity index is 2.22. The van der Waals surface area contributed by atoms with E-state index in [4.69, 9.17) is 10.8 Å². The molecule has 0 spiro atoms. The van der Waals surface area contributed by atoms with Crippen molar-refractivity contribution in [2.45, 2.75) is 12.5 Å². The lowest BCUT2D eigenvalue weighted by Gasteiger charge is -2.14. The SMILES string of the molecule is CN1CCC(Nc2nccc(C(=O)O)c2N)C1=O. The molecule has 0 bridgehead atoms. The van der Waals surface area contributed by atoms with Crippen molar-refractivity contribution in [2.75, 3.05) is 24.6 Å². The van der Waals surface area contributed by atoms with Crippen molar-refractivity contribution >= 4 is 23.4 Å². The van der Waals surface area contributed by atoms with Crippen molar-refractivity contribution in [3.8, 4) is 0 Å². The van der Waals surface area contributed by atoms with Gasteiger partial charge in [0.25, 0.3) is 0 Å². The number of likely N-dealkylation sites (N-methyl/N-ethyl adjacent to an activating group) is 1. The number of carbonyl (C=O) groups excluding carboxylic acids is 1. The van der Waals surface area contributed by atoms with E-state index in [1.165, 1.54) is 12.3 Å². The zero-order valence-electron chi connectivity index (χ0n) is 9.88. The van der Waals surface area contributed by atoms with E-state index < -0.39 is 12.0 Å². The predicted molar refractivity (Wildman–Crippen MR) is 65.3 cm³/mol. The van der Waals surface area contributed by atoms with Crippen LogP contribution in [0.3, 0.4) is 0 Å². The van der Waals surface area contributed by atoms with Crippen molar-refractivity contribution < 1.29 is 14.7 Å². The molecule has 2 rings (SSSR count). The highest BCUT2D eigenvalue weighted by Crippen LogP contribution is 2.23. The Morgan fingerprint density at radius 2 is 2.39 bits per heavy atom. The summed E-state index contributed by atoms with van der Waals surface area (Å²) in [5, 5.41) is 11.8. The van der Waals surface area contributed by atoms with Crippen LogP contribution < -0.4 is 11.1 Å². The number of rotatable bonds is 3. The molecule has 4 N–H and O–H groups in total. The normalized spacial score (nSPS) is 19.1. The van der Waals surface area contributed by atoms with Gasteiger partial charge in [0.1, 0.15) is 6.04 Å². The third-order valence-electron chi connectivity index (χ3n) is 2.96. The van der Waals surface area contributed by atoms with Crippen molar-refractivity contribution in [1.82, 2.24) is 9.88 Å². The molecule has 2 heterocycles. The fraction of sp³-hybridized carbons (Fsp3) is 0.364. The standard InChI is InChI=1S/C11H14N4O3/c1-15-5-3-7(10(15)16)14-9-8(12)6(11(17)18)2-4-13-9/h2,4,7H,3,5,12H2,1H3,(H,13,14)(H,17,18). The maximum Gasteiger partial charge on any atom is 0.337 e. The molecule has 1 aromatic rings. The van der Waals surface area contributed by atoms with Gasteiger partial charge in [0, 0.05) is 19.8 Å². The molecule has 1 aromatic heterocycles. The maximum absolute atomic E-state index is 11.7. The first-order valence-electron chi connectivity index (χ1n) is 5.50. The lowest BCUT2D eigenvalue weighted by atomic mass is 10.2. The van der Waals surface area contributed by atoms with E-state index in [1.807, 2.05) is 0 Å². The van der Waals surface area contributed by atoms with Crippen LogP contribution in [0.2, 0.25) is 0 Å². The Morgan fingerprint density at radius 1 is 1.67 bits per heavy atom. The first-order chi connectivity index (χ1) is 8.50. The van der Waals surface area contributed by atoms with E-state index in [-0.39, 0.29) is 23.0 Å². The van der Waals surface area contributed by atoms with Crippen molar-refractivity contribution in [3.05, 3.63) is 17.8 Å².